The first-order chi connectivity index (χ1) is 13.7. The Kier molecular flexibility index (Phi) is 5.71. The normalized spacial score (nSPS) is 11.6. The minimum absolute atomic E-state index is 0.0146. The van der Waals surface area contributed by atoms with Gasteiger partial charge in [-0.1, -0.05) is 0 Å². The maximum Gasteiger partial charge on any atom is 0.309 e. The van der Waals surface area contributed by atoms with E-state index < -0.39 is 27.6 Å². The molecule has 0 atom stereocenters. The second-order valence-electron chi connectivity index (χ2n) is 6.18. The molecule has 0 bridgehead atoms. The number of sulfonamides is 1. The molecule has 1 amide bonds. The molecule has 0 aliphatic heterocycles. The Morgan fingerprint density at radius 1 is 1.07 bits per heavy atom. The van der Waals surface area contributed by atoms with Crippen LogP contribution in [0.25, 0.3) is 11.5 Å². The van der Waals surface area contributed by atoms with Crippen molar-refractivity contribution in [3.05, 3.63) is 65.6 Å². The Bertz CT molecular complexity index is 1120. The first-order valence-corrected chi connectivity index (χ1v) is 9.70. The van der Waals surface area contributed by atoms with Gasteiger partial charge in [-0.25, -0.2) is 21.5 Å². The lowest BCUT2D eigenvalue weighted by atomic mass is 10.2. The summed E-state index contributed by atoms with van der Waals surface area (Å²) < 4.78 is 56.9. The van der Waals surface area contributed by atoms with Crippen molar-refractivity contribution in [1.82, 2.24) is 19.8 Å². The van der Waals surface area contributed by atoms with Gasteiger partial charge in [-0.05, 0) is 42.0 Å². The summed E-state index contributed by atoms with van der Waals surface area (Å²) in [6.07, 6.45) is 0. The summed E-state index contributed by atoms with van der Waals surface area (Å²) in [7, 11) is -0.733. The number of nitrogens with zero attached hydrogens (tertiary/aromatic N) is 3. The van der Waals surface area contributed by atoms with Gasteiger partial charge in [0.2, 0.25) is 15.9 Å². The van der Waals surface area contributed by atoms with E-state index in [0.29, 0.717) is 5.56 Å². The van der Waals surface area contributed by atoms with Gasteiger partial charge in [0.25, 0.3) is 0 Å². The predicted octanol–water partition coefficient (Wildman–Crippen LogP) is 2.20. The molecule has 1 aromatic heterocycles. The van der Waals surface area contributed by atoms with E-state index in [2.05, 4.69) is 15.5 Å². The van der Waals surface area contributed by atoms with Crippen LogP contribution in [0.2, 0.25) is 0 Å². The fraction of sp³-hybridized carbons (Fsp3) is 0.167. The van der Waals surface area contributed by atoms with Crippen molar-refractivity contribution in [1.29, 1.82) is 0 Å². The Hall–Kier alpha value is -3.18. The number of amides is 1. The molecule has 0 saturated heterocycles. The number of carbonyl (C=O) groups excluding carboxylic acids is 1. The van der Waals surface area contributed by atoms with Crippen LogP contribution in [0.1, 0.15) is 16.2 Å². The summed E-state index contributed by atoms with van der Waals surface area (Å²) in [5.41, 5.74) is 0.648. The summed E-state index contributed by atoms with van der Waals surface area (Å²) in [4.78, 5) is 12.2. The molecule has 0 aliphatic rings. The zero-order chi connectivity index (χ0) is 21.2. The molecular weight excluding hydrogens is 406 g/mol. The molecule has 0 radical (unpaired) electrons. The Morgan fingerprint density at radius 2 is 1.69 bits per heavy atom. The van der Waals surface area contributed by atoms with Crippen LogP contribution >= 0.6 is 0 Å². The van der Waals surface area contributed by atoms with E-state index in [0.717, 1.165) is 22.5 Å². The SMILES string of the molecule is CN(C)S(=O)(=O)c1ccc(-c2nnc(C(=O)NCc3cc(F)cc(F)c3)o2)cc1. The highest BCUT2D eigenvalue weighted by Crippen LogP contribution is 2.21. The van der Waals surface area contributed by atoms with Crippen LogP contribution in [0.3, 0.4) is 0 Å². The second-order valence-corrected chi connectivity index (χ2v) is 8.34. The minimum Gasteiger partial charge on any atom is -0.412 e. The second kappa shape index (κ2) is 8.05. The molecule has 8 nitrogen and oxygen atoms in total. The van der Waals surface area contributed by atoms with Crippen molar-refractivity contribution in [3.63, 3.8) is 0 Å². The summed E-state index contributed by atoms with van der Waals surface area (Å²) >= 11 is 0. The van der Waals surface area contributed by atoms with E-state index in [1.54, 1.807) is 0 Å². The molecule has 11 heteroatoms. The third kappa shape index (κ3) is 4.63. The first kappa shape index (κ1) is 20.6. The molecule has 1 N–H and O–H groups in total. The zero-order valence-corrected chi connectivity index (χ0v) is 16.2. The number of carbonyl (C=O) groups is 1. The van der Waals surface area contributed by atoms with Crippen molar-refractivity contribution in [2.75, 3.05) is 14.1 Å². The van der Waals surface area contributed by atoms with Crippen molar-refractivity contribution in [2.45, 2.75) is 11.4 Å². The first-order valence-electron chi connectivity index (χ1n) is 8.26. The van der Waals surface area contributed by atoms with Crippen LogP contribution in [-0.4, -0.2) is 42.9 Å². The number of aromatic nitrogens is 2. The summed E-state index contributed by atoms with van der Waals surface area (Å²) in [6, 6.07) is 8.62. The molecule has 0 fully saturated rings. The van der Waals surface area contributed by atoms with E-state index in [4.69, 9.17) is 4.42 Å². The molecule has 0 spiro atoms. The number of hydrogen-bond acceptors (Lipinski definition) is 6. The average molecular weight is 422 g/mol. The van der Waals surface area contributed by atoms with Gasteiger partial charge in [-0.3, -0.25) is 4.79 Å². The fourth-order valence-electron chi connectivity index (χ4n) is 2.38. The van der Waals surface area contributed by atoms with Gasteiger partial charge >= 0.3 is 11.8 Å². The highest BCUT2D eigenvalue weighted by molar-refractivity contribution is 7.89. The van der Waals surface area contributed by atoms with E-state index in [1.165, 1.54) is 38.4 Å². The Labute approximate surface area is 165 Å². The van der Waals surface area contributed by atoms with Gasteiger partial charge < -0.3 is 9.73 Å². The van der Waals surface area contributed by atoms with Crippen molar-refractivity contribution in [3.8, 4) is 11.5 Å². The maximum absolute atomic E-state index is 13.2. The van der Waals surface area contributed by atoms with Crippen molar-refractivity contribution >= 4 is 15.9 Å². The monoisotopic (exact) mass is 422 g/mol. The van der Waals surface area contributed by atoms with E-state index in [9.17, 15) is 22.0 Å². The third-order valence-electron chi connectivity index (χ3n) is 3.87. The van der Waals surface area contributed by atoms with Crippen LogP contribution < -0.4 is 5.32 Å². The highest BCUT2D eigenvalue weighted by Gasteiger charge is 2.19. The van der Waals surface area contributed by atoms with Crippen LogP contribution in [0.5, 0.6) is 0 Å². The standard InChI is InChI=1S/C18H16F2N4O4S/c1-24(2)29(26,27)15-5-3-12(4-6-15)17-22-23-18(28-17)16(25)21-10-11-7-13(19)9-14(20)8-11/h3-9H,10H2,1-2H3,(H,21,25). The zero-order valence-electron chi connectivity index (χ0n) is 15.4. The van der Waals surface area contributed by atoms with E-state index >= 15 is 0 Å². The quantitative estimate of drug-likeness (QED) is 0.653. The molecule has 0 saturated carbocycles. The molecule has 3 rings (SSSR count). The average Bonchev–Trinajstić information content (AvgIpc) is 3.15. The lowest BCUT2D eigenvalue weighted by molar-refractivity contribution is 0.0916. The van der Waals surface area contributed by atoms with Gasteiger partial charge in [0.1, 0.15) is 11.6 Å². The minimum atomic E-state index is -3.57. The van der Waals surface area contributed by atoms with Crippen LogP contribution in [-0.2, 0) is 16.6 Å². The smallest absolute Gasteiger partial charge is 0.309 e. The van der Waals surface area contributed by atoms with Gasteiger partial charge in [-0.15, -0.1) is 10.2 Å². The predicted molar refractivity (Wildman–Crippen MR) is 98.1 cm³/mol. The van der Waals surface area contributed by atoms with Gasteiger partial charge in [0, 0.05) is 32.3 Å². The van der Waals surface area contributed by atoms with Crippen molar-refractivity contribution in [2.24, 2.45) is 0 Å². The molecule has 0 unspecified atom stereocenters. The third-order valence-corrected chi connectivity index (χ3v) is 5.70. The Morgan fingerprint density at radius 3 is 2.28 bits per heavy atom. The summed E-state index contributed by atoms with van der Waals surface area (Å²) in [5.74, 6) is -2.56. The summed E-state index contributed by atoms with van der Waals surface area (Å²) in [5, 5.41) is 9.82. The topological polar surface area (TPSA) is 105 Å². The van der Waals surface area contributed by atoms with Crippen LogP contribution in [0.15, 0.2) is 51.8 Å². The number of rotatable bonds is 6. The molecule has 3 aromatic rings. The van der Waals surface area contributed by atoms with Crippen LogP contribution in [0.4, 0.5) is 8.78 Å². The van der Waals surface area contributed by atoms with E-state index in [1.807, 2.05) is 0 Å². The highest BCUT2D eigenvalue weighted by atomic mass is 32.2. The molecule has 29 heavy (non-hydrogen) atoms. The van der Waals surface area contributed by atoms with Gasteiger partial charge in [0.15, 0.2) is 0 Å². The lowest BCUT2D eigenvalue weighted by Gasteiger charge is -2.11. The molecule has 152 valence electrons. The molecule has 2 aromatic carbocycles. The van der Waals surface area contributed by atoms with Gasteiger partial charge in [-0.2, -0.15) is 0 Å². The molecule has 1 heterocycles. The summed E-state index contributed by atoms with van der Waals surface area (Å²) in [6.45, 7) is -0.137. The largest absolute Gasteiger partial charge is 0.412 e. The number of halogens is 2. The number of hydrogen-bond donors (Lipinski definition) is 1. The number of nitrogens with one attached hydrogen (secondary N) is 1. The molecule has 0 aliphatic carbocycles. The van der Waals surface area contributed by atoms with Gasteiger partial charge in [0.05, 0.1) is 4.90 Å². The van der Waals surface area contributed by atoms with E-state index in [-0.39, 0.29) is 28.8 Å². The number of benzene rings is 2. The maximum atomic E-state index is 13.2. The van der Waals surface area contributed by atoms with Crippen LogP contribution in [0, 0.1) is 11.6 Å². The lowest BCUT2D eigenvalue weighted by Crippen LogP contribution is -2.23. The Balaban J connectivity index is 1.70. The van der Waals surface area contributed by atoms with Crippen molar-refractivity contribution < 1.29 is 26.4 Å². The fourth-order valence-corrected chi connectivity index (χ4v) is 3.28. The molecular formula is C18H16F2N4O4S.